The van der Waals surface area contributed by atoms with Gasteiger partial charge >= 0.3 is 6.03 Å². The van der Waals surface area contributed by atoms with E-state index in [0.29, 0.717) is 11.4 Å². The fourth-order valence-corrected chi connectivity index (χ4v) is 2.43. The predicted molar refractivity (Wildman–Crippen MR) is 107 cm³/mol. The van der Waals surface area contributed by atoms with Crippen molar-refractivity contribution in [1.29, 1.82) is 0 Å². The molecule has 1 atom stereocenters. The lowest BCUT2D eigenvalue weighted by Gasteiger charge is -2.15. The Labute approximate surface area is 160 Å². The minimum Gasteiger partial charge on any atom is -0.484 e. The highest BCUT2D eigenvalue weighted by Gasteiger charge is 2.09. The SMILES string of the molecule is CC(CCc1ccccc1)NC(=O)Nc1cccc(OCC(=O)N(C)C)c1. The van der Waals surface area contributed by atoms with Gasteiger partial charge in [0.1, 0.15) is 5.75 Å². The third-order valence-electron chi connectivity index (χ3n) is 4.04. The molecule has 0 radical (unpaired) electrons. The number of carbonyl (C=O) groups is 2. The number of hydrogen-bond donors (Lipinski definition) is 2. The first-order valence-electron chi connectivity index (χ1n) is 8.98. The molecule has 6 heteroatoms. The quantitative estimate of drug-likeness (QED) is 0.750. The molecule has 0 aliphatic carbocycles. The largest absolute Gasteiger partial charge is 0.484 e. The maximum Gasteiger partial charge on any atom is 0.319 e. The third-order valence-corrected chi connectivity index (χ3v) is 4.04. The summed E-state index contributed by atoms with van der Waals surface area (Å²) in [7, 11) is 3.35. The van der Waals surface area contributed by atoms with Crippen LogP contribution in [0.15, 0.2) is 54.6 Å². The average molecular weight is 369 g/mol. The summed E-state index contributed by atoms with van der Waals surface area (Å²) in [6.45, 7) is 1.94. The summed E-state index contributed by atoms with van der Waals surface area (Å²) in [4.78, 5) is 25.2. The van der Waals surface area contributed by atoms with E-state index in [1.54, 1.807) is 38.4 Å². The number of urea groups is 1. The minimum absolute atomic E-state index is 0.0425. The summed E-state index contributed by atoms with van der Waals surface area (Å²) >= 11 is 0. The molecule has 0 saturated carbocycles. The van der Waals surface area contributed by atoms with E-state index in [0.717, 1.165) is 12.8 Å². The number of anilines is 1. The molecule has 6 nitrogen and oxygen atoms in total. The molecular formula is C21H27N3O3. The van der Waals surface area contributed by atoms with Gasteiger partial charge in [-0.15, -0.1) is 0 Å². The van der Waals surface area contributed by atoms with Crippen LogP contribution in [0.5, 0.6) is 5.75 Å². The van der Waals surface area contributed by atoms with Crippen LogP contribution in [0.25, 0.3) is 0 Å². The lowest BCUT2D eigenvalue weighted by atomic mass is 10.1. The monoisotopic (exact) mass is 369 g/mol. The molecule has 2 rings (SSSR count). The van der Waals surface area contributed by atoms with Gasteiger partial charge in [0.15, 0.2) is 6.61 Å². The molecule has 3 amide bonds. The van der Waals surface area contributed by atoms with E-state index < -0.39 is 0 Å². The highest BCUT2D eigenvalue weighted by atomic mass is 16.5. The molecule has 0 aromatic heterocycles. The Morgan fingerprint density at radius 2 is 1.81 bits per heavy atom. The van der Waals surface area contributed by atoms with Crippen LogP contribution in [0, 0.1) is 0 Å². The lowest BCUT2D eigenvalue weighted by Crippen LogP contribution is -2.36. The maximum atomic E-state index is 12.2. The van der Waals surface area contributed by atoms with Crippen molar-refractivity contribution in [2.75, 3.05) is 26.0 Å². The van der Waals surface area contributed by atoms with Crippen LogP contribution >= 0.6 is 0 Å². The molecule has 0 aliphatic heterocycles. The summed E-state index contributed by atoms with van der Waals surface area (Å²) in [6.07, 6.45) is 1.76. The highest BCUT2D eigenvalue weighted by Crippen LogP contribution is 2.17. The van der Waals surface area contributed by atoms with Crippen molar-refractivity contribution in [3.63, 3.8) is 0 Å². The summed E-state index contributed by atoms with van der Waals surface area (Å²) < 4.78 is 5.46. The van der Waals surface area contributed by atoms with Gasteiger partial charge in [0.2, 0.25) is 0 Å². The number of ether oxygens (including phenoxy) is 1. The van der Waals surface area contributed by atoms with E-state index in [9.17, 15) is 9.59 Å². The number of carbonyl (C=O) groups excluding carboxylic acids is 2. The average Bonchev–Trinajstić information content (AvgIpc) is 2.65. The Morgan fingerprint density at radius 3 is 2.52 bits per heavy atom. The number of hydrogen-bond acceptors (Lipinski definition) is 3. The molecule has 2 aromatic carbocycles. The second kappa shape index (κ2) is 10.2. The molecule has 2 aromatic rings. The molecule has 27 heavy (non-hydrogen) atoms. The molecule has 0 saturated heterocycles. The van der Waals surface area contributed by atoms with Gasteiger partial charge in [0, 0.05) is 31.9 Å². The number of nitrogens with zero attached hydrogens (tertiary/aromatic N) is 1. The van der Waals surface area contributed by atoms with Gasteiger partial charge in [-0.05, 0) is 37.5 Å². The number of amides is 3. The van der Waals surface area contributed by atoms with Crippen LogP contribution in [0.1, 0.15) is 18.9 Å². The van der Waals surface area contributed by atoms with E-state index in [4.69, 9.17) is 4.74 Å². The van der Waals surface area contributed by atoms with Crippen molar-refractivity contribution >= 4 is 17.6 Å². The molecule has 0 aliphatic rings. The van der Waals surface area contributed by atoms with Gasteiger partial charge in [-0.25, -0.2) is 4.79 Å². The molecule has 0 fully saturated rings. The zero-order valence-electron chi connectivity index (χ0n) is 16.1. The molecule has 2 N–H and O–H groups in total. The Kier molecular flexibility index (Phi) is 7.67. The fraction of sp³-hybridized carbons (Fsp3) is 0.333. The Bertz CT molecular complexity index is 747. The van der Waals surface area contributed by atoms with Crippen molar-refractivity contribution in [1.82, 2.24) is 10.2 Å². The summed E-state index contributed by atoms with van der Waals surface area (Å²) in [6, 6.07) is 16.9. The zero-order chi connectivity index (χ0) is 19.6. The van der Waals surface area contributed by atoms with Crippen LogP contribution in [-0.2, 0) is 11.2 Å². The molecule has 0 spiro atoms. The van der Waals surface area contributed by atoms with Crippen molar-refractivity contribution in [2.45, 2.75) is 25.8 Å². The topological polar surface area (TPSA) is 70.7 Å². The van der Waals surface area contributed by atoms with Crippen LogP contribution in [0.4, 0.5) is 10.5 Å². The van der Waals surface area contributed by atoms with Crippen LogP contribution in [0.3, 0.4) is 0 Å². The van der Waals surface area contributed by atoms with Gasteiger partial charge in [0.05, 0.1) is 0 Å². The van der Waals surface area contributed by atoms with E-state index in [1.165, 1.54) is 10.5 Å². The second-order valence-corrected chi connectivity index (χ2v) is 6.63. The Balaban J connectivity index is 1.79. The second-order valence-electron chi connectivity index (χ2n) is 6.63. The molecule has 144 valence electrons. The van der Waals surface area contributed by atoms with Gasteiger partial charge in [-0.1, -0.05) is 36.4 Å². The van der Waals surface area contributed by atoms with Gasteiger partial charge < -0.3 is 20.3 Å². The Hall–Kier alpha value is -3.02. The highest BCUT2D eigenvalue weighted by molar-refractivity contribution is 5.89. The zero-order valence-corrected chi connectivity index (χ0v) is 16.1. The van der Waals surface area contributed by atoms with Gasteiger partial charge in [0.25, 0.3) is 5.91 Å². The van der Waals surface area contributed by atoms with Crippen LogP contribution in [0.2, 0.25) is 0 Å². The summed E-state index contributed by atoms with van der Waals surface area (Å²) in [5.41, 5.74) is 1.86. The van der Waals surface area contributed by atoms with E-state index in [1.807, 2.05) is 25.1 Å². The van der Waals surface area contributed by atoms with E-state index in [2.05, 4.69) is 22.8 Å². The normalized spacial score (nSPS) is 11.4. The van der Waals surface area contributed by atoms with Crippen LogP contribution < -0.4 is 15.4 Å². The number of rotatable bonds is 8. The first kappa shape index (κ1) is 20.3. The van der Waals surface area contributed by atoms with E-state index in [-0.39, 0.29) is 24.6 Å². The lowest BCUT2D eigenvalue weighted by molar-refractivity contribution is -0.130. The Morgan fingerprint density at radius 1 is 1.07 bits per heavy atom. The fourth-order valence-electron chi connectivity index (χ4n) is 2.43. The van der Waals surface area contributed by atoms with E-state index >= 15 is 0 Å². The first-order chi connectivity index (χ1) is 12.9. The number of benzene rings is 2. The maximum absolute atomic E-state index is 12.2. The molecule has 0 heterocycles. The van der Waals surface area contributed by atoms with Gasteiger partial charge in [-0.2, -0.15) is 0 Å². The third kappa shape index (κ3) is 7.40. The smallest absolute Gasteiger partial charge is 0.319 e. The minimum atomic E-state index is -0.267. The summed E-state index contributed by atoms with van der Waals surface area (Å²) in [5, 5.41) is 5.73. The van der Waals surface area contributed by atoms with Crippen LogP contribution in [-0.4, -0.2) is 43.6 Å². The van der Waals surface area contributed by atoms with Crippen molar-refractivity contribution in [2.24, 2.45) is 0 Å². The van der Waals surface area contributed by atoms with Crippen molar-refractivity contribution < 1.29 is 14.3 Å². The number of likely N-dealkylation sites (N-methyl/N-ethyl adjacent to an activating group) is 1. The molecular weight excluding hydrogens is 342 g/mol. The number of nitrogens with one attached hydrogen (secondary N) is 2. The first-order valence-corrected chi connectivity index (χ1v) is 8.98. The van der Waals surface area contributed by atoms with Crippen molar-refractivity contribution in [3.05, 3.63) is 60.2 Å². The van der Waals surface area contributed by atoms with Gasteiger partial charge in [-0.3, -0.25) is 4.79 Å². The van der Waals surface area contributed by atoms with Crippen molar-refractivity contribution in [3.8, 4) is 5.75 Å². The standard InChI is InChI=1S/C21H27N3O3/c1-16(12-13-17-8-5-4-6-9-17)22-21(26)23-18-10-7-11-19(14-18)27-15-20(25)24(2)3/h4-11,14,16H,12-13,15H2,1-3H3,(H2,22,23,26). The predicted octanol–water partition coefficient (Wildman–Crippen LogP) is 3.30. The molecule has 0 bridgehead atoms. The summed E-state index contributed by atoms with van der Waals surface area (Å²) in [5.74, 6) is 0.401. The molecule has 1 unspecified atom stereocenters. The number of aryl methyl sites for hydroxylation is 1.